The van der Waals surface area contributed by atoms with E-state index in [0.29, 0.717) is 48.7 Å². The number of carbonyl (C=O) groups is 1. The van der Waals surface area contributed by atoms with Gasteiger partial charge in [0.1, 0.15) is 17.1 Å². The summed E-state index contributed by atoms with van der Waals surface area (Å²) in [7, 11) is 1.58. The number of anilines is 3. The van der Waals surface area contributed by atoms with Crippen LogP contribution in [0.25, 0.3) is 0 Å². The summed E-state index contributed by atoms with van der Waals surface area (Å²) in [6.07, 6.45) is 3.42. The molecule has 1 amide bonds. The number of amides is 1. The maximum atomic E-state index is 12.7. The lowest BCUT2D eigenvalue weighted by atomic mass is 9.94. The highest BCUT2D eigenvalue weighted by Crippen LogP contribution is 2.31. The number of hydrogen-bond donors (Lipinski definition) is 1. The fourth-order valence-electron chi connectivity index (χ4n) is 4.24. The molecular weight excluding hydrogens is 358 g/mol. The van der Waals surface area contributed by atoms with Gasteiger partial charge in [0.25, 0.3) is 10.9 Å². The van der Waals surface area contributed by atoms with Gasteiger partial charge in [0.05, 0.1) is 12.8 Å². The van der Waals surface area contributed by atoms with E-state index in [1.807, 2.05) is 34.1 Å². The average molecular weight is 383 g/mol. The molecule has 0 aromatic heterocycles. The number of para-hydroxylation sites is 2. The Balaban J connectivity index is 1.40. The smallest absolute Gasteiger partial charge is 0.253 e. The molecule has 4 rings (SSSR count). The minimum atomic E-state index is -0.376. The lowest BCUT2D eigenvalue weighted by Crippen LogP contribution is -2.48. The van der Waals surface area contributed by atoms with E-state index in [4.69, 9.17) is 4.74 Å². The number of piperidine rings is 1. The fourth-order valence-corrected chi connectivity index (χ4v) is 4.24. The normalized spacial score (nSPS) is 17.9. The summed E-state index contributed by atoms with van der Waals surface area (Å²) in [5.74, 6) is 0.476. The van der Waals surface area contributed by atoms with E-state index >= 15 is 0 Å². The predicted molar refractivity (Wildman–Crippen MR) is 109 cm³/mol. The summed E-state index contributed by atoms with van der Waals surface area (Å²) in [5.41, 5.74) is 1.10. The number of nitrogens with zero attached hydrogens (tertiary/aromatic N) is 2. The van der Waals surface area contributed by atoms with Crippen LogP contribution in [0.3, 0.4) is 0 Å². The molecule has 28 heavy (non-hydrogen) atoms. The zero-order valence-electron chi connectivity index (χ0n) is 16.1. The second kappa shape index (κ2) is 7.66. The van der Waals surface area contributed by atoms with Gasteiger partial charge in [-0.2, -0.15) is 0 Å². The van der Waals surface area contributed by atoms with Crippen molar-refractivity contribution >= 4 is 23.0 Å². The third-order valence-corrected chi connectivity index (χ3v) is 5.83. The molecule has 0 atom stereocenters. The Morgan fingerprint density at radius 1 is 0.964 bits per heavy atom. The molecule has 2 aromatic carbocycles. The van der Waals surface area contributed by atoms with Gasteiger partial charge in [-0.3, -0.25) is 14.4 Å². The Bertz CT molecular complexity index is 933. The van der Waals surface area contributed by atoms with Crippen molar-refractivity contribution in [1.29, 1.82) is 0 Å². The monoisotopic (exact) mass is 383 g/mol. The third-order valence-electron chi connectivity index (χ3n) is 5.83. The van der Waals surface area contributed by atoms with Crippen molar-refractivity contribution in [2.24, 2.45) is 5.92 Å². The second-order valence-corrected chi connectivity index (χ2v) is 7.50. The van der Waals surface area contributed by atoms with Crippen LogP contribution in [-0.4, -0.2) is 39.2 Å². The molecule has 2 saturated heterocycles. The van der Waals surface area contributed by atoms with Crippen LogP contribution in [0.15, 0.2) is 33.9 Å². The maximum absolute atomic E-state index is 12.7. The van der Waals surface area contributed by atoms with Crippen LogP contribution in [0.4, 0.5) is 17.1 Å². The van der Waals surface area contributed by atoms with Crippen molar-refractivity contribution in [3.63, 3.8) is 0 Å². The van der Waals surface area contributed by atoms with Gasteiger partial charge in [0.15, 0.2) is 0 Å². The molecule has 2 aromatic rings. The zero-order valence-corrected chi connectivity index (χ0v) is 16.1. The van der Waals surface area contributed by atoms with E-state index in [1.54, 1.807) is 7.11 Å². The van der Waals surface area contributed by atoms with Gasteiger partial charge in [0, 0.05) is 32.1 Å². The first-order valence-electron chi connectivity index (χ1n) is 9.87. The maximum Gasteiger partial charge on any atom is 0.253 e. The van der Waals surface area contributed by atoms with Crippen LogP contribution in [-0.2, 0) is 4.79 Å². The SMILES string of the molecule is COc1ccccc1NC(=O)C1CCN(c2c(N3CCCC3)c(=O)c2=O)CC1. The third kappa shape index (κ3) is 3.25. The van der Waals surface area contributed by atoms with Gasteiger partial charge in [-0.1, -0.05) is 12.1 Å². The number of rotatable bonds is 5. The van der Waals surface area contributed by atoms with Crippen LogP contribution < -0.4 is 30.7 Å². The quantitative estimate of drug-likeness (QED) is 0.793. The lowest BCUT2D eigenvalue weighted by molar-refractivity contribution is -0.120. The average Bonchev–Trinajstić information content (AvgIpc) is 3.25. The van der Waals surface area contributed by atoms with Crippen LogP contribution in [0.5, 0.6) is 5.75 Å². The van der Waals surface area contributed by atoms with Crippen LogP contribution in [0, 0.1) is 5.92 Å². The number of ether oxygens (including phenoxy) is 1. The second-order valence-electron chi connectivity index (χ2n) is 7.50. The van der Waals surface area contributed by atoms with Gasteiger partial charge in [-0.05, 0) is 37.8 Å². The Morgan fingerprint density at radius 2 is 1.54 bits per heavy atom. The molecule has 0 radical (unpaired) electrons. The molecule has 7 nitrogen and oxygen atoms in total. The van der Waals surface area contributed by atoms with Crippen molar-refractivity contribution in [2.45, 2.75) is 25.7 Å². The first-order chi connectivity index (χ1) is 13.6. The van der Waals surface area contributed by atoms with Gasteiger partial charge in [-0.15, -0.1) is 0 Å². The van der Waals surface area contributed by atoms with E-state index in [0.717, 1.165) is 25.9 Å². The van der Waals surface area contributed by atoms with Crippen LogP contribution >= 0.6 is 0 Å². The number of hydrogen-bond acceptors (Lipinski definition) is 6. The van der Waals surface area contributed by atoms with Crippen molar-refractivity contribution in [3.8, 4) is 5.75 Å². The molecule has 2 aliphatic rings. The summed E-state index contributed by atoms with van der Waals surface area (Å²) < 4.78 is 5.28. The molecule has 2 aliphatic heterocycles. The molecule has 7 heteroatoms. The number of nitrogens with one attached hydrogen (secondary N) is 1. The lowest BCUT2D eigenvalue weighted by Gasteiger charge is -2.36. The van der Waals surface area contributed by atoms with Gasteiger partial charge < -0.3 is 19.9 Å². The minimum absolute atomic E-state index is 0.0334. The molecule has 0 saturated carbocycles. The standard InChI is InChI=1S/C21H25N3O4/c1-28-16-7-3-2-6-15(16)22-21(27)14-8-12-24(13-9-14)18-17(19(25)20(18)26)23-10-4-5-11-23/h2-3,6-7,14H,4-5,8-13H2,1H3,(H,22,27). The highest BCUT2D eigenvalue weighted by Gasteiger charge is 2.34. The van der Waals surface area contributed by atoms with Crippen molar-refractivity contribution < 1.29 is 9.53 Å². The van der Waals surface area contributed by atoms with E-state index in [1.165, 1.54) is 0 Å². The number of benzene rings is 1. The Morgan fingerprint density at radius 3 is 2.14 bits per heavy atom. The highest BCUT2D eigenvalue weighted by molar-refractivity contribution is 5.94. The molecule has 0 unspecified atom stereocenters. The highest BCUT2D eigenvalue weighted by atomic mass is 16.5. The summed E-state index contributed by atoms with van der Waals surface area (Å²) in [6.45, 7) is 2.90. The Kier molecular flexibility index (Phi) is 5.07. The van der Waals surface area contributed by atoms with E-state index in [2.05, 4.69) is 5.32 Å². The van der Waals surface area contributed by atoms with Crippen molar-refractivity contribution in [2.75, 3.05) is 48.4 Å². The summed E-state index contributed by atoms with van der Waals surface area (Å²) in [4.78, 5) is 41.0. The van der Waals surface area contributed by atoms with E-state index in [9.17, 15) is 14.4 Å². The molecule has 2 heterocycles. The van der Waals surface area contributed by atoms with Crippen LogP contribution in [0.1, 0.15) is 25.7 Å². The summed E-state index contributed by atoms with van der Waals surface area (Å²) in [6, 6.07) is 7.34. The first-order valence-corrected chi connectivity index (χ1v) is 9.87. The Hall–Kier alpha value is -2.83. The zero-order chi connectivity index (χ0) is 19.7. The van der Waals surface area contributed by atoms with E-state index < -0.39 is 0 Å². The predicted octanol–water partition coefficient (Wildman–Crippen LogP) is 1.75. The molecular formula is C21H25N3O4. The molecule has 148 valence electrons. The van der Waals surface area contributed by atoms with Gasteiger partial charge >= 0.3 is 0 Å². The summed E-state index contributed by atoms with van der Waals surface area (Å²) >= 11 is 0. The topological polar surface area (TPSA) is 79.0 Å². The summed E-state index contributed by atoms with van der Waals surface area (Å²) in [5, 5.41) is 2.95. The molecule has 2 fully saturated rings. The van der Waals surface area contributed by atoms with Crippen LogP contribution in [0.2, 0.25) is 0 Å². The molecule has 1 N–H and O–H groups in total. The van der Waals surface area contributed by atoms with Gasteiger partial charge in [0.2, 0.25) is 5.91 Å². The van der Waals surface area contributed by atoms with Crippen molar-refractivity contribution in [3.05, 3.63) is 44.7 Å². The van der Waals surface area contributed by atoms with E-state index in [-0.39, 0.29) is 22.7 Å². The van der Waals surface area contributed by atoms with Gasteiger partial charge in [-0.25, -0.2) is 0 Å². The largest absolute Gasteiger partial charge is 0.495 e. The Labute approximate surface area is 163 Å². The fraction of sp³-hybridized carbons (Fsp3) is 0.476. The van der Waals surface area contributed by atoms with Crippen molar-refractivity contribution in [1.82, 2.24) is 0 Å². The number of methoxy groups -OCH3 is 1. The molecule has 0 bridgehead atoms. The first kappa shape index (κ1) is 18.5. The molecule has 0 aliphatic carbocycles. The number of carbonyl (C=O) groups excluding carboxylic acids is 1. The minimum Gasteiger partial charge on any atom is -0.495 e. The molecule has 0 spiro atoms.